The average molecular weight is 264 g/mol. The van der Waals surface area contributed by atoms with Gasteiger partial charge in [-0.1, -0.05) is 32.9 Å². The second-order valence-corrected chi connectivity index (χ2v) is 4.71. The molecule has 3 N–H and O–H groups in total. The predicted molar refractivity (Wildman–Crippen MR) is 74.2 cm³/mol. The number of hydrogen-bond donors (Lipinski definition) is 3. The van der Waals surface area contributed by atoms with Gasteiger partial charge < -0.3 is 15.7 Å². The normalized spacial score (nSPS) is 12.0. The maximum Gasteiger partial charge on any atom is 0.326 e. The van der Waals surface area contributed by atoms with Crippen LogP contribution in [0, 0.1) is 5.92 Å². The molecule has 0 radical (unpaired) electrons. The fourth-order valence-corrected chi connectivity index (χ4v) is 1.69. The minimum absolute atomic E-state index is 0.176. The Kier molecular flexibility index (Phi) is 5.36. The number of urea groups is 1. The van der Waals surface area contributed by atoms with Gasteiger partial charge >= 0.3 is 12.0 Å². The van der Waals surface area contributed by atoms with Crippen LogP contribution in [0.25, 0.3) is 0 Å². The summed E-state index contributed by atoms with van der Waals surface area (Å²) in [6, 6.07) is 6.06. The van der Waals surface area contributed by atoms with Crippen LogP contribution < -0.4 is 10.6 Å². The van der Waals surface area contributed by atoms with Crippen molar-refractivity contribution in [3.8, 4) is 0 Å². The lowest BCUT2D eigenvalue weighted by molar-refractivity contribution is -0.140. The van der Waals surface area contributed by atoms with E-state index in [0.717, 1.165) is 12.0 Å². The van der Waals surface area contributed by atoms with Crippen molar-refractivity contribution in [1.82, 2.24) is 5.32 Å². The molecule has 1 aromatic rings. The maximum absolute atomic E-state index is 11.7. The monoisotopic (exact) mass is 264 g/mol. The summed E-state index contributed by atoms with van der Waals surface area (Å²) in [6.07, 6.45) is 0.876. The summed E-state index contributed by atoms with van der Waals surface area (Å²) < 4.78 is 0. The first-order valence-corrected chi connectivity index (χ1v) is 6.33. The van der Waals surface area contributed by atoms with Gasteiger partial charge in [0.1, 0.15) is 6.04 Å². The van der Waals surface area contributed by atoms with E-state index in [1.165, 1.54) is 0 Å². The van der Waals surface area contributed by atoms with Gasteiger partial charge in [-0.15, -0.1) is 0 Å². The van der Waals surface area contributed by atoms with Crippen molar-refractivity contribution < 1.29 is 14.7 Å². The molecule has 0 saturated carbocycles. The van der Waals surface area contributed by atoms with Gasteiger partial charge in [0.05, 0.1) is 0 Å². The smallest absolute Gasteiger partial charge is 0.326 e. The summed E-state index contributed by atoms with van der Waals surface area (Å²) in [5.74, 6) is -1.21. The lowest BCUT2D eigenvalue weighted by Crippen LogP contribution is -2.46. The Morgan fingerprint density at radius 2 is 2.00 bits per heavy atom. The molecule has 0 bridgehead atoms. The Morgan fingerprint density at radius 1 is 1.32 bits per heavy atom. The Balaban J connectivity index is 2.66. The summed E-state index contributed by atoms with van der Waals surface area (Å²) in [6.45, 7) is 5.52. The average Bonchev–Trinajstić information content (AvgIpc) is 2.35. The molecule has 0 unspecified atom stereocenters. The van der Waals surface area contributed by atoms with E-state index in [-0.39, 0.29) is 5.92 Å². The van der Waals surface area contributed by atoms with Crippen LogP contribution in [-0.2, 0) is 11.2 Å². The second kappa shape index (κ2) is 6.78. The molecule has 0 aliphatic carbocycles. The van der Waals surface area contributed by atoms with Crippen LogP contribution in [0.3, 0.4) is 0 Å². The molecule has 5 heteroatoms. The third-order valence-electron chi connectivity index (χ3n) is 2.81. The molecule has 1 aromatic carbocycles. The van der Waals surface area contributed by atoms with Crippen LogP contribution in [-0.4, -0.2) is 23.1 Å². The van der Waals surface area contributed by atoms with Crippen molar-refractivity contribution in [1.29, 1.82) is 0 Å². The highest BCUT2D eigenvalue weighted by molar-refractivity contribution is 5.92. The number of nitrogens with one attached hydrogen (secondary N) is 2. The number of amides is 2. The first kappa shape index (κ1) is 15.0. The molecular formula is C14H20N2O3. The highest BCUT2D eigenvalue weighted by Gasteiger charge is 2.23. The Bertz CT molecular complexity index is 458. The molecule has 1 rings (SSSR count). The van der Waals surface area contributed by atoms with E-state index in [4.69, 9.17) is 5.11 Å². The highest BCUT2D eigenvalue weighted by Crippen LogP contribution is 2.11. The molecular weight excluding hydrogens is 244 g/mol. The van der Waals surface area contributed by atoms with Gasteiger partial charge in [-0.05, 0) is 30.0 Å². The topological polar surface area (TPSA) is 78.4 Å². The summed E-state index contributed by atoms with van der Waals surface area (Å²) >= 11 is 0. The molecule has 5 nitrogen and oxygen atoms in total. The lowest BCUT2D eigenvalue weighted by Gasteiger charge is -2.18. The summed E-state index contributed by atoms with van der Waals surface area (Å²) in [5.41, 5.74) is 1.76. The zero-order chi connectivity index (χ0) is 14.4. The van der Waals surface area contributed by atoms with Gasteiger partial charge in [-0.2, -0.15) is 0 Å². The molecule has 1 atom stereocenters. The van der Waals surface area contributed by atoms with Crippen molar-refractivity contribution in [2.45, 2.75) is 33.2 Å². The van der Waals surface area contributed by atoms with E-state index in [1.807, 2.05) is 25.1 Å². The van der Waals surface area contributed by atoms with Gasteiger partial charge in [-0.3, -0.25) is 0 Å². The number of carboxylic acid groups (broad SMARTS) is 1. The van der Waals surface area contributed by atoms with Gasteiger partial charge in [-0.25, -0.2) is 9.59 Å². The Hall–Kier alpha value is -2.04. The van der Waals surface area contributed by atoms with Crippen LogP contribution in [0.15, 0.2) is 24.3 Å². The summed E-state index contributed by atoms with van der Waals surface area (Å²) in [7, 11) is 0. The highest BCUT2D eigenvalue weighted by atomic mass is 16.4. The van der Waals surface area contributed by atoms with E-state index in [9.17, 15) is 9.59 Å². The van der Waals surface area contributed by atoms with Crippen LogP contribution in [0.5, 0.6) is 0 Å². The van der Waals surface area contributed by atoms with Crippen LogP contribution in [0.2, 0.25) is 0 Å². The number of rotatable bonds is 5. The number of aryl methyl sites for hydroxylation is 1. The fraction of sp³-hybridized carbons (Fsp3) is 0.429. The van der Waals surface area contributed by atoms with E-state index >= 15 is 0 Å². The van der Waals surface area contributed by atoms with Crippen molar-refractivity contribution in [2.24, 2.45) is 5.92 Å². The molecule has 0 spiro atoms. The molecule has 0 saturated heterocycles. The van der Waals surface area contributed by atoms with Crippen molar-refractivity contribution in [3.63, 3.8) is 0 Å². The third-order valence-corrected chi connectivity index (χ3v) is 2.81. The van der Waals surface area contributed by atoms with Crippen molar-refractivity contribution >= 4 is 17.7 Å². The minimum atomic E-state index is -1.03. The van der Waals surface area contributed by atoms with E-state index < -0.39 is 18.0 Å². The van der Waals surface area contributed by atoms with Gasteiger partial charge in [0, 0.05) is 5.69 Å². The number of hydrogen-bond acceptors (Lipinski definition) is 2. The molecule has 104 valence electrons. The Labute approximate surface area is 113 Å². The summed E-state index contributed by atoms with van der Waals surface area (Å²) in [4.78, 5) is 22.7. The molecule has 0 heterocycles. The number of carbonyl (C=O) groups is 2. The lowest BCUT2D eigenvalue weighted by atomic mass is 10.1. The SMILES string of the molecule is CCc1cccc(NC(=O)N[C@H](C(=O)O)C(C)C)c1. The number of carbonyl (C=O) groups excluding carboxylic acids is 1. The summed E-state index contributed by atoms with van der Waals surface area (Å²) in [5, 5.41) is 14.1. The molecule has 0 aliphatic heterocycles. The molecule has 0 fully saturated rings. The van der Waals surface area contributed by atoms with E-state index in [2.05, 4.69) is 10.6 Å². The second-order valence-electron chi connectivity index (χ2n) is 4.71. The zero-order valence-electron chi connectivity index (χ0n) is 11.4. The maximum atomic E-state index is 11.7. The van der Waals surface area contributed by atoms with Crippen LogP contribution >= 0.6 is 0 Å². The largest absolute Gasteiger partial charge is 0.480 e. The number of anilines is 1. The quantitative estimate of drug-likeness (QED) is 0.764. The molecule has 19 heavy (non-hydrogen) atoms. The number of carboxylic acids is 1. The standard InChI is InChI=1S/C14H20N2O3/c1-4-10-6-5-7-11(8-10)15-14(19)16-12(9(2)3)13(17)18/h5-9,12H,4H2,1-3H3,(H,17,18)(H2,15,16,19)/t12-/m0/s1. The minimum Gasteiger partial charge on any atom is -0.480 e. The predicted octanol–water partition coefficient (Wildman–Crippen LogP) is 2.48. The van der Waals surface area contributed by atoms with Crippen molar-refractivity contribution in [2.75, 3.05) is 5.32 Å². The first-order chi connectivity index (χ1) is 8.93. The molecule has 0 aliphatic rings. The van der Waals surface area contributed by atoms with Crippen molar-refractivity contribution in [3.05, 3.63) is 29.8 Å². The zero-order valence-corrected chi connectivity index (χ0v) is 11.4. The molecule has 2 amide bonds. The van der Waals surface area contributed by atoms with Crippen LogP contribution in [0.1, 0.15) is 26.3 Å². The van der Waals surface area contributed by atoms with E-state index in [1.54, 1.807) is 19.9 Å². The first-order valence-electron chi connectivity index (χ1n) is 6.33. The fourth-order valence-electron chi connectivity index (χ4n) is 1.69. The van der Waals surface area contributed by atoms with Gasteiger partial charge in [0.2, 0.25) is 0 Å². The third kappa shape index (κ3) is 4.62. The van der Waals surface area contributed by atoms with E-state index in [0.29, 0.717) is 5.69 Å². The Morgan fingerprint density at radius 3 is 2.53 bits per heavy atom. The van der Waals surface area contributed by atoms with Gasteiger partial charge in [0.25, 0.3) is 0 Å². The van der Waals surface area contributed by atoms with Crippen LogP contribution in [0.4, 0.5) is 10.5 Å². The van der Waals surface area contributed by atoms with Gasteiger partial charge in [0.15, 0.2) is 0 Å². The molecule has 0 aromatic heterocycles. The number of benzene rings is 1. The number of aliphatic carboxylic acids is 1.